The van der Waals surface area contributed by atoms with Crippen LogP contribution in [0.15, 0.2) is 48.9 Å². The SMILES string of the molecule is NC(=O)[C@H](CCCSCC(=O)C(F)(F)F)N(Cc1cnc2ccccc2c1)C(=O)c1ncc[nH]1. The number of primary amides is 1. The fourth-order valence-corrected chi connectivity index (χ4v) is 4.18. The summed E-state index contributed by atoms with van der Waals surface area (Å²) in [7, 11) is 0. The second-order valence-electron chi connectivity index (χ2n) is 7.44. The highest BCUT2D eigenvalue weighted by atomic mass is 32.2. The van der Waals surface area contributed by atoms with Crippen molar-refractivity contribution in [1.82, 2.24) is 19.9 Å². The number of Topliss-reactive ketones (excluding diaryl/α,β-unsaturated/α-hetero) is 1. The second kappa shape index (κ2) is 11.1. The van der Waals surface area contributed by atoms with Crippen LogP contribution < -0.4 is 5.73 Å². The molecule has 0 saturated heterocycles. The Balaban J connectivity index is 1.74. The number of aromatic amines is 1. The van der Waals surface area contributed by atoms with E-state index in [1.807, 2.05) is 30.3 Å². The number of hydrogen-bond acceptors (Lipinski definition) is 6. The quantitative estimate of drug-likeness (QED) is 0.396. The number of pyridine rings is 1. The van der Waals surface area contributed by atoms with Crippen LogP contribution in [0.1, 0.15) is 29.0 Å². The Hall–Kier alpha value is -3.41. The highest BCUT2D eigenvalue weighted by Gasteiger charge is 2.37. The largest absolute Gasteiger partial charge is 0.450 e. The van der Waals surface area contributed by atoms with Crippen molar-refractivity contribution in [3.8, 4) is 0 Å². The minimum Gasteiger partial charge on any atom is -0.368 e. The summed E-state index contributed by atoms with van der Waals surface area (Å²) < 4.78 is 37.0. The summed E-state index contributed by atoms with van der Waals surface area (Å²) in [5, 5.41) is 0.853. The van der Waals surface area contributed by atoms with E-state index in [0.717, 1.165) is 22.7 Å². The Kier molecular flexibility index (Phi) is 8.26. The van der Waals surface area contributed by atoms with E-state index in [2.05, 4.69) is 15.0 Å². The smallest absolute Gasteiger partial charge is 0.368 e. The molecule has 1 atom stereocenters. The topological polar surface area (TPSA) is 122 Å². The number of halogens is 3. The number of para-hydroxylation sites is 1. The molecule has 180 valence electrons. The molecule has 0 saturated carbocycles. The van der Waals surface area contributed by atoms with E-state index in [-0.39, 0.29) is 31.0 Å². The van der Waals surface area contributed by atoms with Crippen molar-refractivity contribution in [2.24, 2.45) is 5.73 Å². The molecule has 3 N–H and O–H groups in total. The number of carbonyl (C=O) groups excluding carboxylic acids is 3. The van der Waals surface area contributed by atoms with Gasteiger partial charge in [0.1, 0.15) is 6.04 Å². The number of rotatable bonds is 11. The van der Waals surface area contributed by atoms with E-state index in [1.165, 1.54) is 17.3 Å². The molecule has 2 amide bonds. The molecule has 12 heteroatoms. The van der Waals surface area contributed by atoms with Gasteiger partial charge in [-0.3, -0.25) is 19.4 Å². The van der Waals surface area contributed by atoms with Gasteiger partial charge in [-0.1, -0.05) is 18.2 Å². The number of hydrogen-bond donors (Lipinski definition) is 2. The lowest BCUT2D eigenvalue weighted by atomic mass is 10.1. The molecule has 3 rings (SSSR count). The van der Waals surface area contributed by atoms with Gasteiger partial charge in [-0.15, -0.1) is 0 Å². The van der Waals surface area contributed by atoms with Crippen molar-refractivity contribution in [2.75, 3.05) is 11.5 Å². The fraction of sp³-hybridized carbons (Fsp3) is 0.318. The molecule has 2 heterocycles. The monoisotopic (exact) mass is 493 g/mol. The number of nitrogens with two attached hydrogens (primary N) is 1. The number of nitrogens with one attached hydrogen (secondary N) is 1. The zero-order chi connectivity index (χ0) is 24.7. The average Bonchev–Trinajstić information content (AvgIpc) is 3.33. The molecule has 1 aromatic carbocycles. The maximum atomic E-state index is 13.1. The molecule has 0 aliphatic rings. The molecule has 0 spiro atoms. The summed E-state index contributed by atoms with van der Waals surface area (Å²) >= 11 is 0.812. The van der Waals surface area contributed by atoms with E-state index in [9.17, 15) is 27.6 Å². The number of carbonyl (C=O) groups is 3. The second-order valence-corrected chi connectivity index (χ2v) is 8.55. The minimum atomic E-state index is -4.87. The first-order valence-corrected chi connectivity index (χ1v) is 11.4. The Bertz CT molecular complexity index is 1150. The minimum absolute atomic E-state index is 0.0185. The van der Waals surface area contributed by atoms with Gasteiger partial charge in [-0.2, -0.15) is 24.9 Å². The van der Waals surface area contributed by atoms with Crippen LogP contribution in [0.2, 0.25) is 0 Å². The van der Waals surface area contributed by atoms with Crippen LogP contribution in [0.5, 0.6) is 0 Å². The van der Waals surface area contributed by atoms with Crippen LogP contribution in [-0.2, 0) is 16.1 Å². The van der Waals surface area contributed by atoms with Gasteiger partial charge in [0.2, 0.25) is 11.7 Å². The van der Waals surface area contributed by atoms with Gasteiger partial charge in [0.05, 0.1) is 11.3 Å². The van der Waals surface area contributed by atoms with E-state index < -0.39 is 35.6 Å². The summed E-state index contributed by atoms with van der Waals surface area (Å²) in [6, 6.07) is 8.23. The number of benzene rings is 1. The number of imidazole rings is 1. The standard InChI is InChI=1S/C22H22F3N5O3S/c23-22(24,25)18(31)13-34-9-3-6-17(19(26)32)30(21(33)20-27-7-8-28-20)12-14-10-15-4-1-2-5-16(15)29-11-14/h1-2,4-5,7-8,10-11,17H,3,6,9,12-13H2,(H2,26,32)(H,27,28)/t17-/m0/s1. The molecule has 0 aliphatic carbocycles. The molecular weight excluding hydrogens is 471 g/mol. The summed E-state index contributed by atoms with van der Waals surface area (Å²) in [6.45, 7) is 0.0185. The maximum Gasteiger partial charge on any atom is 0.450 e. The first kappa shape index (κ1) is 25.2. The zero-order valence-corrected chi connectivity index (χ0v) is 18.7. The van der Waals surface area contributed by atoms with Crippen LogP contribution >= 0.6 is 11.8 Å². The predicted molar refractivity (Wildman–Crippen MR) is 121 cm³/mol. The molecule has 3 aromatic rings. The Morgan fingerprint density at radius 1 is 1.18 bits per heavy atom. The van der Waals surface area contributed by atoms with Gasteiger partial charge in [0.25, 0.3) is 5.91 Å². The average molecular weight is 494 g/mol. The van der Waals surface area contributed by atoms with Crippen LogP contribution in [0.4, 0.5) is 13.2 Å². The predicted octanol–water partition coefficient (Wildman–Crippen LogP) is 3.10. The third-order valence-electron chi connectivity index (χ3n) is 4.98. The third kappa shape index (κ3) is 6.56. The molecule has 8 nitrogen and oxygen atoms in total. The number of nitrogens with zero attached hydrogens (tertiary/aromatic N) is 3. The Labute approximate surface area is 197 Å². The lowest BCUT2D eigenvalue weighted by Crippen LogP contribution is -2.48. The van der Waals surface area contributed by atoms with Crippen molar-refractivity contribution >= 4 is 40.3 Å². The molecule has 0 unspecified atom stereocenters. The van der Waals surface area contributed by atoms with Crippen molar-refractivity contribution in [3.63, 3.8) is 0 Å². The number of alkyl halides is 3. The molecule has 0 bridgehead atoms. The van der Waals surface area contributed by atoms with Gasteiger partial charge in [0, 0.05) is 30.5 Å². The number of ketones is 1. The van der Waals surface area contributed by atoms with E-state index in [4.69, 9.17) is 5.73 Å². The van der Waals surface area contributed by atoms with Crippen molar-refractivity contribution in [1.29, 1.82) is 0 Å². The van der Waals surface area contributed by atoms with Crippen molar-refractivity contribution in [3.05, 3.63) is 60.3 Å². The van der Waals surface area contributed by atoms with Gasteiger partial charge in [-0.05, 0) is 36.3 Å². The number of amides is 2. The van der Waals surface area contributed by atoms with Crippen molar-refractivity contribution < 1.29 is 27.6 Å². The third-order valence-corrected chi connectivity index (χ3v) is 6.03. The summed E-state index contributed by atoms with van der Waals surface area (Å²) in [5.41, 5.74) is 7.04. The van der Waals surface area contributed by atoms with E-state index in [1.54, 1.807) is 6.20 Å². The fourth-order valence-electron chi connectivity index (χ4n) is 3.32. The Morgan fingerprint density at radius 2 is 1.94 bits per heavy atom. The molecule has 0 radical (unpaired) electrons. The molecular formula is C22H22F3N5O3S. The van der Waals surface area contributed by atoms with Crippen LogP contribution in [0.3, 0.4) is 0 Å². The van der Waals surface area contributed by atoms with Crippen LogP contribution in [0.25, 0.3) is 10.9 Å². The van der Waals surface area contributed by atoms with Crippen molar-refractivity contribution in [2.45, 2.75) is 31.6 Å². The Morgan fingerprint density at radius 3 is 2.62 bits per heavy atom. The van der Waals surface area contributed by atoms with E-state index in [0.29, 0.717) is 5.56 Å². The lowest BCUT2D eigenvalue weighted by molar-refractivity contribution is -0.167. The number of thioether (sulfide) groups is 1. The summed E-state index contributed by atoms with van der Waals surface area (Å²) in [6.07, 6.45) is -0.0330. The number of H-pyrrole nitrogens is 1. The van der Waals surface area contributed by atoms with E-state index >= 15 is 0 Å². The highest BCUT2D eigenvalue weighted by molar-refractivity contribution is 7.99. The molecule has 0 aliphatic heterocycles. The molecule has 34 heavy (non-hydrogen) atoms. The molecule has 0 fully saturated rings. The lowest BCUT2D eigenvalue weighted by Gasteiger charge is -2.29. The van der Waals surface area contributed by atoms with Gasteiger partial charge in [-0.25, -0.2) is 4.98 Å². The normalized spacial score (nSPS) is 12.4. The van der Waals surface area contributed by atoms with Gasteiger partial charge >= 0.3 is 6.18 Å². The van der Waals surface area contributed by atoms with Gasteiger partial charge in [0.15, 0.2) is 5.82 Å². The van der Waals surface area contributed by atoms with Gasteiger partial charge < -0.3 is 15.6 Å². The first-order valence-electron chi connectivity index (χ1n) is 10.3. The molecule has 2 aromatic heterocycles. The number of fused-ring (bicyclic) bond motifs is 1. The summed E-state index contributed by atoms with van der Waals surface area (Å²) in [4.78, 5) is 48.8. The zero-order valence-electron chi connectivity index (χ0n) is 17.9. The van der Waals surface area contributed by atoms with Crippen LogP contribution in [0, 0.1) is 0 Å². The highest BCUT2D eigenvalue weighted by Crippen LogP contribution is 2.21. The number of aromatic nitrogens is 3. The first-order chi connectivity index (χ1) is 16.2. The van der Waals surface area contributed by atoms with Crippen LogP contribution in [-0.4, -0.2) is 61.2 Å². The maximum absolute atomic E-state index is 13.1. The summed E-state index contributed by atoms with van der Waals surface area (Å²) in [5.74, 6) is -3.63.